The number of nitrogens with zero attached hydrogens (tertiary/aromatic N) is 3. The minimum absolute atomic E-state index is 0.0267. The molecule has 4 N–H and O–H groups in total. The molecule has 0 aliphatic carbocycles. The normalized spacial score (nSPS) is 18.0. The summed E-state index contributed by atoms with van der Waals surface area (Å²) in [6.07, 6.45) is -4.61. The monoisotopic (exact) mass is 577 g/mol. The van der Waals surface area contributed by atoms with Crippen molar-refractivity contribution < 1.29 is 32.2 Å². The van der Waals surface area contributed by atoms with Crippen molar-refractivity contribution in [1.82, 2.24) is 20.2 Å². The highest BCUT2D eigenvalue weighted by Crippen LogP contribution is 2.50. The van der Waals surface area contributed by atoms with Crippen molar-refractivity contribution in [2.24, 2.45) is 5.73 Å². The maximum Gasteiger partial charge on any atom is 0.423 e. The molecule has 4 heterocycles. The molecule has 5 aromatic rings. The number of amides is 1. The Bertz CT molecular complexity index is 1830. The van der Waals surface area contributed by atoms with Gasteiger partial charge >= 0.3 is 6.18 Å². The van der Waals surface area contributed by atoms with Crippen LogP contribution in [-0.2, 0) is 17.4 Å². The second-order valence-corrected chi connectivity index (χ2v) is 10.4. The summed E-state index contributed by atoms with van der Waals surface area (Å²) in [6, 6.07) is 15.2. The van der Waals surface area contributed by atoms with Gasteiger partial charge in [0.2, 0.25) is 11.5 Å². The van der Waals surface area contributed by atoms with Crippen LogP contribution >= 0.6 is 0 Å². The first-order chi connectivity index (χ1) is 19.9. The van der Waals surface area contributed by atoms with Crippen LogP contribution in [0, 0.1) is 5.82 Å². The van der Waals surface area contributed by atoms with E-state index in [0.29, 0.717) is 27.7 Å². The van der Waals surface area contributed by atoms with Crippen LogP contribution in [0.4, 0.5) is 17.6 Å². The highest BCUT2D eigenvalue weighted by Gasteiger charge is 2.57. The fourth-order valence-electron chi connectivity index (χ4n) is 5.20. The summed E-state index contributed by atoms with van der Waals surface area (Å²) >= 11 is 0. The Morgan fingerprint density at radius 2 is 1.83 bits per heavy atom. The molecule has 6 rings (SSSR count). The molecular formula is C30H23F4N5O3. The average Bonchev–Trinajstić information content (AvgIpc) is 3.62. The van der Waals surface area contributed by atoms with Gasteiger partial charge in [-0.3, -0.25) is 14.9 Å². The molecule has 0 unspecified atom stereocenters. The number of benzene rings is 2. The molecule has 0 fully saturated rings. The molecule has 12 heteroatoms. The van der Waals surface area contributed by atoms with Crippen molar-refractivity contribution in [3.63, 3.8) is 0 Å². The molecule has 2 aromatic carbocycles. The molecule has 2 atom stereocenters. The van der Waals surface area contributed by atoms with Crippen LogP contribution in [-0.4, -0.2) is 44.0 Å². The molecule has 0 radical (unpaired) electrons. The van der Waals surface area contributed by atoms with Crippen LogP contribution in [0.3, 0.4) is 0 Å². The fraction of sp³-hybridized carbons (Fsp3) is 0.200. The predicted molar refractivity (Wildman–Crippen MR) is 144 cm³/mol. The van der Waals surface area contributed by atoms with Gasteiger partial charge in [-0.2, -0.15) is 18.3 Å². The van der Waals surface area contributed by atoms with Crippen LogP contribution in [0.25, 0.3) is 22.2 Å². The van der Waals surface area contributed by atoms with Gasteiger partial charge in [0.25, 0.3) is 0 Å². The number of carbonyl (C=O) groups is 1. The van der Waals surface area contributed by atoms with E-state index in [-0.39, 0.29) is 29.3 Å². The summed E-state index contributed by atoms with van der Waals surface area (Å²) < 4.78 is 64.3. The number of pyridine rings is 2. The van der Waals surface area contributed by atoms with E-state index < -0.39 is 41.0 Å². The number of alkyl halides is 3. The molecular weight excluding hydrogens is 554 g/mol. The lowest BCUT2D eigenvalue weighted by Gasteiger charge is -2.31. The molecule has 0 saturated heterocycles. The van der Waals surface area contributed by atoms with Crippen molar-refractivity contribution >= 4 is 16.8 Å². The average molecular weight is 578 g/mol. The summed E-state index contributed by atoms with van der Waals surface area (Å²) in [5, 5.41) is 18.8. The molecule has 1 amide bonds. The van der Waals surface area contributed by atoms with Crippen molar-refractivity contribution in [2.75, 3.05) is 6.61 Å². The number of nitrogens with two attached hydrogens (primary N) is 1. The summed E-state index contributed by atoms with van der Waals surface area (Å²) in [7, 11) is 0. The Balaban J connectivity index is 1.52. The van der Waals surface area contributed by atoms with Gasteiger partial charge in [0.05, 0.1) is 16.6 Å². The summed E-state index contributed by atoms with van der Waals surface area (Å²) in [6.45, 7) is 1.84. The summed E-state index contributed by atoms with van der Waals surface area (Å²) in [4.78, 5) is 20.1. The van der Waals surface area contributed by atoms with Gasteiger partial charge in [-0.25, -0.2) is 9.37 Å². The number of rotatable bonds is 6. The maximum absolute atomic E-state index is 14.9. The standard InChI is InChI=1S/C30H23F4N5O3/c1-28(23-10-11-36-39-23)15-42-26-21(28)13-24(38-25(26)16-2-6-19(31)7-3-16)29(41,30(32,33)34)14-20-8-4-17-12-18(27(35)40)5-9-22(17)37-20/h2-13,41H,14-15H2,1H3,(H2,35,40)(H,36,39)/t28-,29-/m0/s1. The number of nitrogens with one attached hydrogen (secondary N) is 1. The van der Waals surface area contributed by atoms with E-state index in [4.69, 9.17) is 10.5 Å². The van der Waals surface area contributed by atoms with Crippen LogP contribution in [0.15, 0.2) is 72.9 Å². The molecule has 0 saturated carbocycles. The van der Waals surface area contributed by atoms with E-state index in [1.165, 1.54) is 54.7 Å². The fourth-order valence-corrected chi connectivity index (χ4v) is 5.20. The van der Waals surface area contributed by atoms with E-state index in [2.05, 4.69) is 20.2 Å². The van der Waals surface area contributed by atoms with Gasteiger partial charge in [0, 0.05) is 46.1 Å². The zero-order valence-electron chi connectivity index (χ0n) is 22.0. The number of hydrogen-bond acceptors (Lipinski definition) is 6. The van der Waals surface area contributed by atoms with E-state index in [0.717, 1.165) is 12.1 Å². The van der Waals surface area contributed by atoms with Crippen LogP contribution < -0.4 is 10.5 Å². The number of halogens is 4. The molecule has 0 spiro atoms. The summed E-state index contributed by atoms with van der Waals surface area (Å²) in [5.41, 5.74) is 1.98. The molecule has 3 aromatic heterocycles. The highest BCUT2D eigenvalue weighted by atomic mass is 19.4. The lowest BCUT2D eigenvalue weighted by molar-refractivity contribution is -0.268. The Kier molecular flexibility index (Phi) is 6.26. The molecule has 214 valence electrons. The van der Waals surface area contributed by atoms with E-state index >= 15 is 0 Å². The van der Waals surface area contributed by atoms with Crippen molar-refractivity contribution in [3.8, 4) is 17.0 Å². The van der Waals surface area contributed by atoms with Crippen LogP contribution in [0.2, 0.25) is 0 Å². The molecule has 0 bridgehead atoms. The van der Waals surface area contributed by atoms with Gasteiger partial charge in [-0.15, -0.1) is 0 Å². The third kappa shape index (κ3) is 4.44. The minimum Gasteiger partial charge on any atom is -0.490 e. The molecule has 1 aliphatic heterocycles. The second kappa shape index (κ2) is 9.62. The number of hydrogen-bond donors (Lipinski definition) is 3. The Labute approximate surface area is 236 Å². The number of aromatic amines is 1. The van der Waals surface area contributed by atoms with Crippen molar-refractivity contribution in [1.29, 1.82) is 0 Å². The smallest absolute Gasteiger partial charge is 0.423 e. The zero-order chi connectivity index (χ0) is 29.9. The van der Waals surface area contributed by atoms with Gasteiger partial charge in [0.1, 0.15) is 23.9 Å². The Hall–Kier alpha value is -4.84. The lowest BCUT2D eigenvalue weighted by atomic mass is 9.79. The third-order valence-electron chi connectivity index (χ3n) is 7.65. The zero-order valence-corrected chi connectivity index (χ0v) is 22.0. The second-order valence-electron chi connectivity index (χ2n) is 10.4. The van der Waals surface area contributed by atoms with Crippen molar-refractivity contribution in [2.45, 2.75) is 30.5 Å². The molecule has 8 nitrogen and oxygen atoms in total. The van der Waals surface area contributed by atoms with Crippen molar-refractivity contribution in [3.05, 3.63) is 107 Å². The largest absolute Gasteiger partial charge is 0.490 e. The predicted octanol–water partition coefficient (Wildman–Crippen LogP) is 4.95. The number of primary amides is 1. The topological polar surface area (TPSA) is 127 Å². The van der Waals surface area contributed by atoms with Crippen LogP contribution in [0.5, 0.6) is 5.75 Å². The first kappa shape index (κ1) is 27.3. The Morgan fingerprint density at radius 1 is 1.07 bits per heavy atom. The maximum atomic E-state index is 14.9. The van der Waals surface area contributed by atoms with E-state index in [1.807, 2.05) is 0 Å². The number of carbonyl (C=O) groups excluding carboxylic acids is 1. The third-order valence-corrected chi connectivity index (χ3v) is 7.65. The number of fused-ring (bicyclic) bond motifs is 2. The molecule has 1 aliphatic rings. The quantitative estimate of drug-likeness (QED) is 0.245. The number of ether oxygens (including phenoxy) is 1. The minimum atomic E-state index is -5.18. The lowest BCUT2D eigenvalue weighted by Crippen LogP contribution is -2.45. The molecule has 42 heavy (non-hydrogen) atoms. The van der Waals surface area contributed by atoms with Crippen LogP contribution in [0.1, 0.15) is 39.9 Å². The Morgan fingerprint density at radius 3 is 2.50 bits per heavy atom. The first-order valence-corrected chi connectivity index (χ1v) is 12.8. The van der Waals surface area contributed by atoms with E-state index in [1.54, 1.807) is 13.0 Å². The van der Waals surface area contributed by atoms with Gasteiger partial charge in [-0.05, 0) is 67.6 Å². The highest BCUT2D eigenvalue weighted by molar-refractivity contribution is 5.96. The SMILES string of the molecule is C[C@]1(c2ccn[nH]2)COc2c1cc([C@@](O)(Cc1ccc3cc(C(N)=O)ccc3n1)C(F)(F)F)nc2-c1ccc(F)cc1. The number of aromatic nitrogens is 4. The number of aliphatic hydroxyl groups is 1. The van der Waals surface area contributed by atoms with Gasteiger partial charge in [-0.1, -0.05) is 6.07 Å². The summed E-state index contributed by atoms with van der Waals surface area (Å²) in [5.74, 6) is -0.967. The first-order valence-electron chi connectivity index (χ1n) is 12.8. The van der Waals surface area contributed by atoms with Gasteiger partial charge in [0.15, 0.2) is 0 Å². The number of H-pyrrole nitrogens is 1. The van der Waals surface area contributed by atoms with E-state index in [9.17, 15) is 27.5 Å². The van der Waals surface area contributed by atoms with Gasteiger partial charge < -0.3 is 15.6 Å².